The maximum absolute atomic E-state index is 13.1. The van der Waals surface area contributed by atoms with E-state index in [-0.39, 0.29) is 9.79 Å². The van der Waals surface area contributed by atoms with Crippen LogP contribution in [-0.4, -0.2) is 55.9 Å². The van der Waals surface area contributed by atoms with Crippen LogP contribution in [0.3, 0.4) is 0 Å². The highest BCUT2D eigenvalue weighted by Gasteiger charge is 2.57. The Morgan fingerprint density at radius 3 is 1.97 bits per heavy atom. The maximum atomic E-state index is 13.1. The van der Waals surface area contributed by atoms with E-state index in [1.54, 1.807) is 38.1 Å². The van der Waals surface area contributed by atoms with Gasteiger partial charge in [0.25, 0.3) is 25.8 Å². The Kier molecular flexibility index (Phi) is 7.49. The monoisotopic (exact) mass is 566 g/mol. The fourth-order valence-electron chi connectivity index (χ4n) is 3.96. The number of aromatic nitrogens is 2. The van der Waals surface area contributed by atoms with Crippen molar-refractivity contribution >= 4 is 20.2 Å². The predicted octanol–water partition coefficient (Wildman–Crippen LogP) is 0.981. The highest BCUT2D eigenvalue weighted by atomic mass is 32.2. The van der Waals surface area contributed by atoms with Gasteiger partial charge in [-0.3, -0.25) is 22.7 Å². The van der Waals surface area contributed by atoms with Gasteiger partial charge in [-0.1, -0.05) is 35.4 Å². The molecule has 2 heterocycles. The second kappa shape index (κ2) is 10.2. The lowest BCUT2D eigenvalue weighted by molar-refractivity contribution is -0.0953. The van der Waals surface area contributed by atoms with Crippen LogP contribution in [0.5, 0.6) is 0 Å². The summed E-state index contributed by atoms with van der Waals surface area (Å²) < 4.78 is 68.8. The van der Waals surface area contributed by atoms with Gasteiger partial charge >= 0.3 is 5.69 Å². The highest BCUT2D eigenvalue weighted by molar-refractivity contribution is 7.87. The van der Waals surface area contributed by atoms with Crippen LogP contribution in [0.4, 0.5) is 0 Å². The summed E-state index contributed by atoms with van der Waals surface area (Å²) in [4.78, 5) is 25.6. The molecule has 3 aromatic rings. The molecule has 0 spiro atoms. The average molecular weight is 567 g/mol. The molecule has 1 aliphatic rings. The Bertz CT molecular complexity index is 1640. The Morgan fingerprint density at radius 1 is 0.921 bits per heavy atom. The first-order valence-corrected chi connectivity index (χ1v) is 14.2. The van der Waals surface area contributed by atoms with Crippen LogP contribution >= 0.6 is 0 Å². The molecule has 0 radical (unpaired) electrons. The van der Waals surface area contributed by atoms with E-state index in [1.165, 1.54) is 31.2 Å². The minimum atomic E-state index is -4.49. The summed E-state index contributed by atoms with van der Waals surface area (Å²) in [5, 5.41) is 11.4. The fraction of sp³-hybridized carbons (Fsp3) is 0.333. The van der Waals surface area contributed by atoms with Gasteiger partial charge < -0.3 is 9.84 Å². The van der Waals surface area contributed by atoms with Crippen molar-refractivity contribution in [1.29, 1.82) is 0 Å². The first kappa shape index (κ1) is 27.9. The Labute approximate surface area is 218 Å². The maximum Gasteiger partial charge on any atom is 0.330 e. The van der Waals surface area contributed by atoms with Gasteiger partial charge in [0.1, 0.15) is 17.8 Å². The number of aryl methyl sites for hydroxylation is 2. The number of nitrogens with zero attached hydrogens (tertiary/aromatic N) is 1. The van der Waals surface area contributed by atoms with Crippen molar-refractivity contribution in [3.63, 3.8) is 0 Å². The number of ether oxygens (including phenoxy) is 1. The molecule has 204 valence electrons. The molecule has 0 unspecified atom stereocenters. The fourth-order valence-corrected chi connectivity index (χ4v) is 6.05. The molecule has 0 aliphatic carbocycles. The minimum absolute atomic E-state index is 0.147. The van der Waals surface area contributed by atoms with Crippen molar-refractivity contribution < 1.29 is 35.0 Å². The minimum Gasteiger partial charge on any atom is -0.383 e. The topological polar surface area (TPSA) is 171 Å². The van der Waals surface area contributed by atoms with Crippen LogP contribution < -0.4 is 11.2 Å². The third-order valence-electron chi connectivity index (χ3n) is 6.06. The van der Waals surface area contributed by atoms with E-state index in [4.69, 9.17) is 13.1 Å². The molecule has 1 saturated heterocycles. The number of nitrogens with one attached hydrogen (secondary N) is 1. The van der Waals surface area contributed by atoms with Crippen LogP contribution in [0.25, 0.3) is 0 Å². The molecule has 12 nitrogen and oxygen atoms in total. The standard InChI is InChI=1S/C24H26N2O10S2/c1-15-4-8-17(9-5-15)37(30,31)34-14-19-21(36-38(32,33)18-10-6-16(2)7-11-18)24(3,29)22(35-19)26-13-12-20(27)25-23(26)28/h4-13,19,21-22,29H,14H2,1-3H3,(H,25,27,28)/t19-,21-,22-,24+/m1/s1. The molecular weight excluding hydrogens is 540 g/mol. The molecule has 1 fully saturated rings. The largest absolute Gasteiger partial charge is 0.383 e. The van der Waals surface area contributed by atoms with Crippen LogP contribution in [0.2, 0.25) is 0 Å². The molecular formula is C24H26N2O10S2. The number of H-pyrrole nitrogens is 1. The second-order valence-electron chi connectivity index (χ2n) is 9.11. The zero-order valence-corrected chi connectivity index (χ0v) is 22.2. The zero-order valence-electron chi connectivity index (χ0n) is 20.6. The molecule has 1 aromatic heterocycles. The van der Waals surface area contributed by atoms with E-state index in [9.17, 15) is 31.5 Å². The second-order valence-corrected chi connectivity index (χ2v) is 12.3. The normalized spacial score (nSPS) is 23.9. The SMILES string of the molecule is Cc1ccc(S(=O)(=O)OC[C@H]2O[C@@H](n3ccc(=O)[nH]c3=O)[C@@](C)(O)[C@@H]2OS(=O)(=O)c2ccc(C)cc2)cc1. The summed E-state index contributed by atoms with van der Waals surface area (Å²) in [6.45, 7) is 3.95. The van der Waals surface area contributed by atoms with Crippen LogP contribution in [-0.2, 0) is 33.3 Å². The smallest absolute Gasteiger partial charge is 0.330 e. The van der Waals surface area contributed by atoms with Gasteiger partial charge in [-0.25, -0.2) is 4.79 Å². The molecule has 2 N–H and O–H groups in total. The Morgan fingerprint density at radius 2 is 1.45 bits per heavy atom. The number of benzene rings is 2. The van der Waals surface area contributed by atoms with Crippen LogP contribution in [0.15, 0.2) is 80.2 Å². The summed E-state index contributed by atoms with van der Waals surface area (Å²) >= 11 is 0. The van der Waals surface area contributed by atoms with Crippen LogP contribution in [0.1, 0.15) is 24.3 Å². The van der Waals surface area contributed by atoms with Gasteiger partial charge in [0.15, 0.2) is 6.23 Å². The molecule has 2 aromatic carbocycles. The van der Waals surface area contributed by atoms with Gasteiger partial charge in [0.05, 0.1) is 16.4 Å². The Balaban J connectivity index is 1.69. The first-order valence-electron chi connectivity index (χ1n) is 11.4. The number of aromatic amines is 1. The summed E-state index contributed by atoms with van der Waals surface area (Å²) in [6, 6.07) is 12.6. The van der Waals surface area contributed by atoms with Crippen molar-refractivity contribution in [2.45, 2.75) is 54.6 Å². The Hall–Kier alpha value is -3.14. The van der Waals surface area contributed by atoms with Gasteiger partial charge in [0, 0.05) is 12.3 Å². The summed E-state index contributed by atoms with van der Waals surface area (Å²) in [6.07, 6.45) is -3.71. The van der Waals surface area contributed by atoms with E-state index < -0.39 is 62.1 Å². The van der Waals surface area contributed by atoms with E-state index >= 15 is 0 Å². The number of aliphatic hydroxyl groups is 1. The van der Waals surface area contributed by atoms with Gasteiger partial charge in [-0.05, 0) is 45.0 Å². The van der Waals surface area contributed by atoms with Crippen molar-refractivity contribution in [2.75, 3.05) is 6.61 Å². The quantitative estimate of drug-likeness (QED) is 0.375. The van der Waals surface area contributed by atoms with E-state index in [2.05, 4.69) is 0 Å². The number of hydrogen-bond donors (Lipinski definition) is 2. The van der Waals surface area contributed by atoms with Crippen LogP contribution in [0, 0.1) is 13.8 Å². The molecule has 4 rings (SSSR count). The third-order valence-corrected chi connectivity index (χ3v) is 8.66. The molecule has 14 heteroatoms. The lowest BCUT2D eigenvalue weighted by Gasteiger charge is -2.29. The molecule has 0 amide bonds. The third kappa shape index (κ3) is 5.65. The molecule has 0 saturated carbocycles. The number of rotatable bonds is 8. The van der Waals surface area contributed by atoms with Crippen molar-refractivity contribution in [3.8, 4) is 0 Å². The van der Waals surface area contributed by atoms with E-state index in [1.807, 2.05) is 4.98 Å². The van der Waals surface area contributed by atoms with E-state index in [0.29, 0.717) is 0 Å². The highest BCUT2D eigenvalue weighted by Crippen LogP contribution is 2.41. The summed E-state index contributed by atoms with van der Waals surface area (Å²) in [7, 11) is -8.79. The van der Waals surface area contributed by atoms with Crippen molar-refractivity contribution in [3.05, 3.63) is 92.8 Å². The van der Waals surface area contributed by atoms with Crippen molar-refractivity contribution in [1.82, 2.24) is 9.55 Å². The number of hydrogen-bond acceptors (Lipinski definition) is 10. The van der Waals surface area contributed by atoms with Crippen molar-refractivity contribution in [2.24, 2.45) is 0 Å². The van der Waals surface area contributed by atoms with E-state index in [0.717, 1.165) is 28.0 Å². The average Bonchev–Trinajstić information content (AvgIpc) is 3.07. The lowest BCUT2D eigenvalue weighted by Crippen LogP contribution is -2.49. The predicted molar refractivity (Wildman–Crippen MR) is 133 cm³/mol. The molecule has 1 aliphatic heterocycles. The first-order chi connectivity index (χ1) is 17.7. The summed E-state index contributed by atoms with van der Waals surface area (Å²) in [5.74, 6) is 0. The van der Waals surface area contributed by atoms with Gasteiger partial charge in [-0.15, -0.1) is 0 Å². The van der Waals surface area contributed by atoms with Gasteiger partial charge in [0.2, 0.25) is 0 Å². The zero-order chi connectivity index (χ0) is 27.9. The van der Waals surface area contributed by atoms with Gasteiger partial charge in [-0.2, -0.15) is 16.8 Å². The molecule has 0 bridgehead atoms. The summed E-state index contributed by atoms with van der Waals surface area (Å²) in [5.41, 5.74) is -2.24. The molecule has 4 atom stereocenters. The lowest BCUT2D eigenvalue weighted by atomic mass is 9.96. The molecule has 38 heavy (non-hydrogen) atoms.